The van der Waals surface area contributed by atoms with Crippen LogP contribution in [0.4, 0.5) is 38.1 Å². The summed E-state index contributed by atoms with van der Waals surface area (Å²) in [6.07, 6.45) is -7.51. The molecule has 3 heterocycles. The second-order valence-corrected chi connectivity index (χ2v) is 11.6. The number of halogens is 6. The zero-order valence-corrected chi connectivity index (χ0v) is 25.4. The van der Waals surface area contributed by atoms with Crippen LogP contribution in [-0.4, -0.2) is 47.4 Å². The normalized spacial score (nSPS) is 14.6. The summed E-state index contributed by atoms with van der Waals surface area (Å²) in [7, 11) is 3.22. The quantitative estimate of drug-likeness (QED) is 0.202. The Balaban J connectivity index is 1.65. The maximum atomic E-state index is 13.7. The standard InChI is InChI=1S/C29H33F6N9O/c1-6-16(2)26(45)44(14-18-7-8-18)24-20(11-23-17(3)38-41(4)25(23)36-24)15-43(27-37-40-42(5)39-27)13-19-9-21(28(30,31)32)12-22(10-19)29(33,34)35/h9-12,16,18H,6-8,13-15H2,1-5H3. The predicted molar refractivity (Wildman–Crippen MR) is 153 cm³/mol. The van der Waals surface area contributed by atoms with Crippen LogP contribution < -0.4 is 9.80 Å². The molecule has 3 aromatic heterocycles. The van der Waals surface area contributed by atoms with Crippen molar-refractivity contribution in [2.24, 2.45) is 25.9 Å². The van der Waals surface area contributed by atoms with Crippen molar-refractivity contribution in [3.63, 3.8) is 0 Å². The van der Waals surface area contributed by atoms with Crippen molar-refractivity contribution in [2.45, 2.75) is 65.5 Å². The molecule has 45 heavy (non-hydrogen) atoms. The van der Waals surface area contributed by atoms with Gasteiger partial charge in [-0.15, -0.1) is 5.10 Å². The molecule has 16 heteroatoms. The van der Waals surface area contributed by atoms with Crippen molar-refractivity contribution >= 4 is 28.7 Å². The average Bonchev–Trinajstić information content (AvgIpc) is 3.62. The minimum Gasteiger partial charge on any atom is -0.329 e. The molecule has 0 bridgehead atoms. The highest BCUT2D eigenvalue weighted by molar-refractivity contribution is 5.96. The molecule has 1 atom stereocenters. The second kappa shape index (κ2) is 11.9. The lowest BCUT2D eigenvalue weighted by Crippen LogP contribution is -2.38. The van der Waals surface area contributed by atoms with Gasteiger partial charge in [-0.1, -0.05) is 18.9 Å². The van der Waals surface area contributed by atoms with E-state index in [4.69, 9.17) is 4.98 Å². The van der Waals surface area contributed by atoms with Crippen molar-refractivity contribution in [3.8, 4) is 0 Å². The van der Waals surface area contributed by atoms with E-state index >= 15 is 0 Å². The lowest BCUT2D eigenvalue weighted by atomic mass is 10.0. The third kappa shape index (κ3) is 7.04. The summed E-state index contributed by atoms with van der Waals surface area (Å²) in [5, 5.41) is 17.2. The van der Waals surface area contributed by atoms with Crippen molar-refractivity contribution in [1.82, 2.24) is 35.0 Å². The summed E-state index contributed by atoms with van der Waals surface area (Å²) in [5.41, 5.74) is -1.42. The third-order valence-electron chi connectivity index (χ3n) is 7.91. The van der Waals surface area contributed by atoms with E-state index in [1.165, 1.54) is 11.9 Å². The lowest BCUT2D eigenvalue weighted by molar-refractivity contribution is -0.143. The van der Waals surface area contributed by atoms with Crippen molar-refractivity contribution in [2.75, 3.05) is 16.3 Å². The molecule has 1 fully saturated rings. The largest absolute Gasteiger partial charge is 0.416 e. The fraction of sp³-hybridized carbons (Fsp3) is 0.517. The highest BCUT2D eigenvalue weighted by atomic mass is 19.4. The number of amides is 1. The van der Waals surface area contributed by atoms with Crippen molar-refractivity contribution in [3.05, 3.63) is 52.2 Å². The van der Waals surface area contributed by atoms with Crippen LogP contribution in [0, 0.1) is 18.8 Å². The molecule has 1 unspecified atom stereocenters. The number of fused-ring (bicyclic) bond motifs is 1. The molecule has 4 aromatic rings. The number of nitrogens with zero attached hydrogens (tertiary/aromatic N) is 9. The monoisotopic (exact) mass is 637 g/mol. The van der Waals surface area contributed by atoms with E-state index in [2.05, 4.69) is 20.5 Å². The van der Waals surface area contributed by atoms with Gasteiger partial charge in [-0.05, 0) is 67.1 Å². The predicted octanol–water partition coefficient (Wildman–Crippen LogP) is 5.83. The molecule has 1 aliphatic rings. The number of carbonyl (C=O) groups excluding carboxylic acids is 1. The first-order valence-electron chi connectivity index (χ1n) is 14.5. The van der Waals surface area contributed by atoms with Gasteiger partial charge >= 0.3 is 12.4 Å². The number of rotatable bonds is 10. The Hall–Kier alpha value is -4.24. The number of aryl methyl sites for hydroxylation is 3. The van der Waals surface area contributed by atoms with E-state index in [0.29, 0.717) is 59.1 Å². The molecule has 1 amide bonds. The summed E-state index contributed by atoms with van der Waals surface area (Å²) >= 11 is 0. The molecule has 0 radical (unpaired) electrons. The number of anilines is 2. The fourth-order valence-corrected chi connectivity index (χ4v) is 5.14. The Kier molecular flexibility index (Phi) is 8.53. The van der Waals surface area contributed by atoms with E-state index in [0.717, 1.165) is 17.6 Å². The first-order valence-corrected chi connectivity index (χ1v) is 14.5. The molecule has 1 aliphatic carbocycles. The number of benzene rings is 1. The molecule has 0 aliphatic heterocycles. The van der Waals surface area contributed by atoms with Crippen LogP contribution in [0.5, 0.6) is 0 Å². The number of carbonyl (C=O) groups is 1. The summed E-state index contributed by atoms with van der Waals surface area (Å²) in [6.45, 7) is 5.43. The van der Waals surface area contributed by atoms with Gasteiger partial charge in [0, 0.05) is 37.0 Å². The highest BCUT2D eigenvalue weighted by Gasteiger charge is 2.37. The van der Waals surface area contributed by atoms with Gasteiger partial charge in [-0.25, -0.2) is 4.98 Å². The third-order valence-corrected chi connectivity index (χ3v) is 7.91. The fourth-order valence-electron chi connectivity index (χ4n) is 5.14. The Bertz CT molecular complexity index is 1670. The smallest absolute Gasteiger partial charge is 0.329 e. The van der Waals surface area contributed by atoms with Crippen molar-refractivity contribution in [1.29, 1.82) is 0 Å². The molecule has 1 aromatic carbocycles. The van der Waals surface area contributed by atoms with Gasteiger partial charge in [0.15, 0.2) is 5.65 Å². The zero-order valence-electron chi connectivity index (χ0n) is 25.4. The second-order valence-electron chi connectivity index (χ2n) is 11.6. The molecule has 0 saturated heterocycles. The Morgan fingerprint density at radius 3 is 2.18 bits per heavy atom. The zero-order chi connectivity index (χ0) is 32.8. The summed E-state index contributed by atoms with van der Waals surface area (Å²) in [6, 6.07) is 3.25. The molecule has 242 valence electrons. The number of tetrazole rings is 1. The maximum Gasteiger partial charge on any atom is 0.416 e. The molecular weight excluding hydrogens is 604 g/mol. The Morgan fingerprint density at radius 2 is 1.64 bits per heavy atom. The number of hydrogen-bond donors (Lipinski definition) is 0. The molecule has 0 spiro atoms. The van der Waals surface area contributed by atoms with Gasteiger partial charge in [0.1, 0.15) is 5.82 Å². The van der Waals surface area contributed by atoms with Crippen LogP contribution >= 0.6 is 0 Å². The van der Waals surface area contributed by atoms with Gasteiger partial charge in [0.25, 0.3) is 5.95 Å². The van der Waals surface area contributed by atoms with Gasteiger partial charge < -0.3 is 4.90 Å². The van der Waals surface area contributed by atoms with Crippen LogP contribution in [0.25, 0.3) is 11.0 Å². The van der Waals surface area contributed by atoms with Crippen molar-refractivity contribution < 1.29 is 31.1 Å². The topological polar surface area (TPSA) is 97.9 Å². The summed E-state index contributed by atoms with van der Waals surface area (Å²) < 4.78 is 83.7. The van der Waals surface area contributed by atoms with Gasteiger partial charge in [-0.3, -0.25) is 14.4 Å². The number of alkyl halides is 6. The van der Waals surface area contributed by atoms with E-state index in [-0.39, 0.29) is 35.9 Å². The summed E-state index contributed by atoms with van der Waals surface area (Å²) in [4.78, 5) is 22.8. The molecule has 1 saturated carbocycles. The SMILES string of the molecule is CCC(C)C(=O)N(CC1CC1)c1nc2c(cc1CN(Cc1cc(C(F)(F)F)cc(C(F)(F)F)c1)c1nnn(C)n1)c(C)nn2C. The Labute approximate surface area is 255 Å². The first kappa shape index (κ1) is 32.2. The highest BCUT2D eigenvalue weighted by Crippen LogP contribution is 2.38. The van der Waals surface area contributed by atoms with E-state index in [1.54, 1.807) is 29.6 Å². The molecule has 5 rings (SSSR count). The number of aromatic nitrogens is 7. The first-order chi connectivity index (χ1) is 21.0. The van der Waals surface area contributed by atoms with Gasteiger partial charge in [-0.2, -0.15) is 36.2 Å². The average molecular weight is 638 g/mol. The molecule has 0 N–H and O–H groups in total. The maximum absolute atomic E-state index is 13.7. The van der Waals surface area contributed by atoms with Gasteiger partial charge in [0.2, 0.25) is 5.91 Å². The molecular formula is C29H33F6N9O. The van der Waals surface area contributed by atoms with E-state index in [9.17, 15) is 31.1 Å². The van der Waals surface area contributed by atoms with Crippen LogP contribution in [0.2, 0.25) is 0 Å². The van der Waals surface area contributed by atoms with Gasteiger partial charge in [0.05, 0.1) is 30.4 Å². The van der Waals surface area contributed by atoms with Crippen LogP contribution in [0.3, 0.4) is 0 Å². The summed E-state index contributed by atoms with van der Waals surface area (Å²) in [5.74, 6) is 0.163. The van der Waals surface area contributed by atoms with Crippen LogP contribution in [-0.2, 0) is 44.3 Å². The minimum absolute atomic E-state index is 0.0283. The van der Waals surface area contributed by atoms with E-state index in [1.807, 2.05) is 13.8 Å². The van der Waals surface area contributed by atoms with E-state index < -0.39 is 30.0 Å². The lowest BCUT2D eigenvalue weighted by Gasteiger charge is -2.29. The minimum atomic E-state index is -5.01. The number of pyridine rings is 1. The number of hydrogen-bond acceptors (Lipinski definition) is 7. The van der Waals surface area contributed by atoms with Crippen LogP contribution in [0.15, 0.2) is 24.3 Å². The Morgan fingerprint density at radius 1 is 1.00 bits per heavy atom. The van der Waals surface area contributed by atoms with Crippen LogP contribution in [0.1, 0.15) is 61.1 Å². The molecule has 10 nitrogen and oxygen atoms in total.